The summed E-state index contributed by atoms with van der Waals surface area (Å²) in [4.78, 5) is 11.8. The van der Waals surface area contributed by atoms with Crippen molar-refractivity contribution in [3.05, 3.63) is 64.2 Å². The number of carbonyl (C=O) groups is 1. The monoisotopic (exact) mass is 288 g/mol. The molecular weight excluding hydrogens is 276 g/mol. The topological polar surface area (TPSA) is 61.7 Å². The standard InChI is InChI=1S/C15H13ClN2O2/c1-10-5-7-11(8-6-10)15(20)18-17-9-12-13(16)3-2-4-14(12)19/h2-9,19H,1H3,(H,18,20)/b17-9+. The Morgan fingerprint density at radius 2 is 1.95 bits per heavy atom. The number of halogens is 1. The predicted molar refractivity (Wildman–Crippen MR) is 79.4 cm³/mol. The van der Waals surface area contributed by atoms with Gasteiger partial charge in [0.05, 0.1) is 16.8 Å². The SMILES string of the molecule is Cc1ccc(C(=O)N/N=C/c2c(O)cccc2Cl)cc1. The van der Waals surface area contributed by atoms with Gasteiger partial charge in [-0.3, -0.25) is 4.79 Å². The van der Waals surface area contributed by atoms with Crippen molar-refractivity contribution in [3.63, 3.8) is 0 Å². The van der Waals surface area contributed by atoms with Gasteiger partial charge in [-0.2, -0.15) is 5.10 Å². The highest BCUT2D eigenvalue weighted by Crippen LogP contribution is 2.22. The minimum Gasteiger partial charge on any atom is -0.507 e. The molecule has 0 aromatic heterocycles. The van der Waals surface area contributed by atoms with Crippen molar-refractivity contribution in [1.29, 1.82) is 0 Å². The minimum atomic E-state index is -0.326. The number of hydrazone groups is 1. The summed E-state index contributed by atoms with van der Waals surface area (Å²) in [7, 11) is 0. The zero-order valence-electron chi connectivity index (χ0n) is 10.8. The molecular formula is C15H13ClN2O2. The van der Waals surface area contributed by atoms with E-state index >= 15 is 0 Å². The van der Waals surface area contributed by atoms with Crippen LogP contribution in [-0.4, -0.2) is 17.2 Å². The van der Waals surface area contributed by atoms with Crippen molar-refractivity contribution < 1.29 is 9.90 Å². The van der Waals surface area contributed by atoms with Crippen LogP contribution in [-0.2, 0) is 0 Å². The molecule has 4 nitrogen and oxygen atoms in total. The molecule has 0 aliphatic rings. The number of aryl methyl sites for hydroxylation is 1. The van der Waals surface area contributed by atoms with Crippen molar-refractivity contribution in [3.8, 4) is 5.75 Å². The molecule has 0 radical (unpaired) electrons. The van der Waals surface area contributed by atoms with E-state index in [2.05, 4.69) is 10.5 Å². The lowest BCUT2D eigenvalue weighted by Crippen LogP contribution is -2.17. The van der Waals surface area contributed by atoms with Gasteiger partial charge in [0.25, 0.3) is 5.91 Å². The fourth-order valence-electron chi connectivity index (χ4n) is 1.58. The van der Waals surface area contributed by atoms with E-state index in [1.54, 1.807) is 24.3 Å². The van der Waals surface area contributed by atoms with E-state index in [4.69, 9.17) is 11.6 Å². The van der Waals surface area contributed by atoms with Crippen LogP contribution >= 0.6 is 11.6 Å². The lowest BCUT2D eigenvalue weighted by molar-refractivity contribution is 0.0955. The number of amides is 1. The van der Waals surface area contributed by atoms with E-state index < -0.39 is 0 Å². The Kier molecular flexibility index (Phi) is 4.38. The van der Waals surface area contributed by atoms with E-state index in [-0.39, 0.29) is 11.7 Å². The molecule has 0 atom stereocenters. The Morgan fingerprint density at radius 1 is 1.25 bits per heavy atom. The van der Waals surface area contributed by atoms with Gasteiger partial charge in [0, 0.05) is 5.56 Å². The number of carbonyl (C=O) groups excluding carboxylic acids is 1. The van der Waals surface area contributed by atoms with Crippen LogP contribution in [0.25, 0.3) is 0 Å². The Morgan fingerprint density at radius 3 is 2.60 bits per heavy atom. The fourth-order valence-corrected chi connectivity index (χ4v) is 1.80. The van der Waals surface area contributed by atoms with Crippen LogP contribution in [0, 0.1) is 6.92 Å². The van der Waals surface area contributed by atoms with Crippen LogP contribution < -0.4 is 5.43 Å². The zero-order chi connectivity index (χ0) is 14.5. The molecule has 0 unspecified atom stereocenters. The van der Waals surface area contributed by atoms with E-state index in [0.29, 0.717) is 16.1 Å². The molecule has 2 rings (SSSR count). The number of nitrogens with zero attached hydrogens (tertiary/aromatic N) is 1. The Hall–Kier alpha value is -2.33. The van der Waals surface area contributed by atoms with Gasteiger partial charge in [-0.25, -0.2) is 5.43 Å². The van der Waals surface area contributed by atoms with E-state index in [1.807, 2.05) is 19.1 Å². The molecule has 20 heavy (non-hydrogen) atoms. The van der Waals surface area contributed by atoms with Crippen LogP contribution in [0.3, 0.4) is 0 Å². The molecule has 2 N–H and O–H groups in total. The predicted octanol–water partition coefficient (Wildman–Crippen LogP) is 3.12. The highest BCUT2D eigenvalue weighted by atomic mass is 35.5. The first-order valence-electron chi connectivity index (χ1n) is 5.95. The molecule has 0 aliphatic carbocycles. The number of nitrogens with one attached hydrogen (secondary N) is 1. The van der Waals surface area contributed by atoms with Crippen LogP contribution in [0.4, 0.5) is 0 Å². The first-order chi connectivity index (χ1) is 9.58. The molecule has 0 fully saturated rings. The average molecular weight is 289 g/mol. The maximum absolute atomic E-state index is 11.8. The molecule has 2 aromatic rings. The first kappa shape index (κ1) is 14.1. The normalized spacial score (nSPS) is 10.7. The number of hydrogen-bond donors (Lipinski definition) is 2. The van der Waals surface area contributed by atoms with Gasteiger partial charge in [-0.1, -0.05) is 35.4 Å². The Labute approximate surface area is 121 Å². The second-order valence-electron chi connectivity index (χ2n) is 4.24. The maximum atomic E-state index is 11.8. The van der Waals surface area contributed by atoms with Crippen LogP contribution in [0.1, 0.15) is 21.5 Å². The lowest BCUT2D eigenvalue weighted by Gasteiger charge is -2.02. The number of benzene rings is 2. The summed E-state index contributed by atoms with van der Waals surface area (Å²) in [6, 6.07) is 11.9. The third kappa shape index (κ3) is 3.36. The van der Waals surface area contributed by atoms with E-state index in [1.165, 1.54) is 12.3 Å². The Balaban J connectivity index is 2.06. The van der Waals surface area contributed by atoms with Crippen LogP contribution in [0.15, 0.2) is 47.6 Å². The van der Waals surface area contributed by atoms with Gasteiger partial charge in [-0.15, -0.1) is 0 Å². The molecule has 0 heterocycles. The van der Waals surface area contributed by atoms with Gasteiger partial charge in [0.2, 0.25) is 0 Å². The zero-order valence-corrected chi connectivity index (χ0v) is 11.6. The van der Waals surface area contributed by atoms with E-state index in [0.717, 1.165) is 5.56 Å². The highest BCUT2D eigenvalue weighted by Gasteiger charge is 2.05. The van der Waals surface area contributed by atoms with Crippen LogP contribution in [0.5, 0.6) is 5.75 Å². The largest absolute Gasteiger partial charge is 0.507 e. The fraction of sp³-hybridized carbons (Fsp3) is 0.0667. The quantitative estimate of drug-likeness (QED) is 0.673. The molecule has 1 amide bonds. The molecule has 0 saturated carbocycles. The second-order valence-corrected chi connectivity index (χ2v) is 4.64. The van der Waals surface area contributed by atoms with Crippen molar-refractivity contribution in [2.75, 3.05) is 0 Å². The molecule has 0 saturated heterocycles. The summed E-state index contributed by atoms with van der Waals surface area (Å²) in [5.74, 6) is -0.321. The number of rotatable bonds is 3. The molecule has 2 aromatic carbocycles. The first-order valence-corrected chi connectivity index (χ1v) is 6.33. The third-order valence-electron chi connectivity index (χ3n) is 2.70. The smallest absolute Gasteiger partial charge is 0.271 e. The number of hydrogen-bond acceptors (Lipinski definition) is 3. The average Bonchev–Trinajstić information content (AvgIpc) is 2.42. The highest BCUT2D eigenvalue weighted by molar-refractivity contribution is 6.33. The van der Waals surface area contributed by atoms with Gasteiger partial charge in [0.15, 0.2) is 0 Å². The molecule has 102 valence electrons. The van der Waals surface area contributed by atoms with Crippen molar-refractivity contribution in [2.45, 2.75) is 6.92 Å². The van der Waals surface area contributed by atoms with E-state index in [9.17, 15) is 9.90 Å². The Bertz CT molecular complexity index is 631. The van der Waals surface area contributed by atoms with Gasteiger partial charge >= 0.3 is 0 Å². The summed E-state index contributed by atoms with van der Waals surface area (Å²) < 4.78 is 0. The second kappa shape index (κ2) is 6.21. The summed E-state index contributed by atoms with van der Waals surface area (Å²) >= 11 is 5.92. The lowest BCUT2D eigenvalue weighted by atomic mass is 10.1. The van der Waals surface area contributed by atoms with Crippen molar-refractivity contribution in [2.24, 2.45) is 5.10 Å². The van der Waals surface area contributed by atoms with Gasteiger partial charge < -0.3 is 5.11 Å². The number of phenolic OH excluding ortho intramolecular Hbond substituents is 1. The molecule has 0 aliphatic heterocycles. The molecule has 0 bridgehead atoms. The van der Waals surface area contributed by atoms with Gasteiger partial charge in [0.1, 0.15) is 5.75 Å². The summed E-state index contributed by atoms with van der Waals surface area (Å²) in [5.41, 5.74) is 4.33. The van der Waals surface area contributed by atoms with Gasteiger partial charge in [-0.05, 0) is 31.2 Å². The third-order valence-corrected chi connectivity index (χ3v) is 3.03. The molecule has 5 heteroatoms. The minimum absolute atomic E-state index is 0.00540. The maximum Gasteiger partial charge on any atom is 0.271 e. The number of phenols is 1. The summed E-state index contributed by atoms with van der Waals surface area (Å²) in [5, 5.41) is 13.8. The van der Waals surface area contributed by atoms with Crippen molar-refractivity contribution >= 4 is 23.7 Å². The summed E-state index contributed by atoms with van der Waals surface area (Å²) in [6.07, 6.45) is 1.31. The number of aromatic hydroxyl groups is 1. The van der Waals surface area contributed by atoms with Crippen LogP contribution in [0.2, 0.25) is 5.02 Å². The van der Waals surface area contributed by atoms with Crippen molar-refractivity contribution in [1.82, 2.24) is 5.43 Å². The molecule has 0 spiro atoms. The summed E-state index contributed by atoms with van der Waals surface area (Å²) in [6.45, 7) is 1.94.